The lowest BCUT2D eigenvalue weighted by Crippen LogP contribution is -2.38. The van der Waals surface area contributed by atoms with Gasteiger partial charge in [0.1, 0.15) is 0 Å². The van der Waals surface area contributed by atoms with Crippen molar-refractivity contribution in [3.8, 4) is 0 Å². The van der Waals surface area contributed by atoms with Gasteiger partial charge in [-0.2, -0.15) is 0 Å². The van der Waals surface area contributed by atoms with Crippen molar-refractivity contribution in [2.24, 2.45) is 0 Å². The van der Waals surface area contributed by atoms with Crippen LogP contribution in [0.1, 0.15) is 6.92 Å². The lowest BCUT2D eigenvalue weighted by molar-refractivity contribution is -0.147. The van der Waals surface area contributed by atoms with Crippen molar-refractivity contribution in [1.29, 1.82) is 0 Å². The molecule has 0 aliphatic heterocycles. The van der Waals surface area contributed by atoms with E-state index in [2.05, 4.69) is 0 Å². The Morgan fingerprint density at radius 3 is 1.19 bits per heavy atom. The molecule has 4 N–H and O–H groups in total. The van der Waals surface area contributed by atoms with Gasteiger partial charge in [-0.15, -0.1) is 0 Å². The first-order chi connectivity index (χ1) is 12.1. The molecule has 0 radical (unpaired) electrons. The molecule has 0 atom stereocenters. The number of aliphatic carboxylic acids is 4. The highest BCUT2D eigenvalue weighted by molar-refractivity contribution is 5.73. The first kappa shape index (κ1) is 23.7. The summed E-state index contributed by atoms with van der Waals surface area (Å²) in [5, 5.41) is 34.8. The fourth-order valence-electron chi connectivity index (χ4n) is 1.94. The van der Waals surface area contributed by atoms with Crippen LogP contribution in [-0.2, 0) is 28.7 Å². The maximum absolute atomic E-state index is 10.7. The number of hydrogen-bond acceptors (Lipinski definition) is 8. The summed E-state index contributed by atoms with van der Waals surface area (Å²) >= 11 is 0. The van der Waals surface area contributed by atoms with Crippen molar-refractivity contribution < 1.29 is 49.1 Å². The van der Waals surface area contributed by atoms with Gasteiger partial charge in [0.05, 0.1) is 39.4 Å². The molecule has 0 bridgehead atoms. The van der Waals surface area contributed by atoms with Crippen LogP contribution in [-0.4, -0.2) is 113 Å². The molecule has 0 unspecified atom stereocenters. The highest BCUT2D eigenvalue weighted by atomic mass is 16.7. The van der Waals surface area contributed by atoms with Crippen LogP contribution in [0.5, 0.6) is 0 Å². The number of nitrogens with zero attached hydrogens (tertiary/aromatic N) is 2. The monoisotopic (exact) mass is 380 g/mol. The highest BCUT2D eigenvalue weighted by Gasteiger charge is 2.15. The molecular formula is C14H24N2O10. The topological polar surface area (TPSA) is 174 Å². The fraction of sp³-hybridized carbons (Fsp3) is 0.714. The molecular weight excluding hydrogens is 356 g/mol. The molecule has 0 aliphatic rings. The second kappa shape index (κ2) is 13.0. The smallest absolute Gasteiger partial charge is 0.317 e. The van der Waals surface area contributed by atoms with Crippen molar-refractivity contribution in [3.63, 3.8) is 0 Å². The van der Waals surface area contributed by atoms with E-state index in [0.29, 0.717) is 0 Å². The van der Waals surface area contributed by atoms with Crippen LogP contribution in [0.25, 0.3) is 0 Å². The summed E-state index contributed by atoms with van der Waals surface area (Å²) in [5.74, 6) is -4.64. The minimum Gasteiger partial charge on any atom is -0.480 e. The van der Waals surface area contributed by atoms with Crippen molar-refractivity contribution >= 4 is 23.9 Å². The van der Waals surface area contributed by atoms with E-state index in [-0.39, 0.29) is 26.3 Å². The zero-order valence-corrected chi connectivity index (χ0v) is 14.4. The summed E-state index contributed by atoms with van der Waals surface area (Å²) in [6.07, 6.45) is -0.719. The summed E-state index contributed by atoms with van der Waals surface area (Å²) in [4.78, 5) is 45.0. The van der Waals surface area contributed by atoms with Gasteiger partial charge in [-0.25, -0.2) is 0 Å². The van der Waals surface area contributed by atoms with E-state index in [1.165, 1.54) is 9.80 Å². The summed E-state index contributed by atoms with van der Waals surface area (Å²) in [6.45, 7) is -0.0291. The Bertz CT molecular complexity index is 410. The summed E-state index contributed by atoms with van der Waals surface area (Å²) in [7, 11) is 0. The lowest BCUT2D eigenvalue weighted by Gasteiger charge is -2.21. The Morgan fingerprint density at radius 2 is 0.962 bits per heavy atom. The number of ether oxygens (including phenoxy) is 2. The van der Waals surface area contributed by atoms with E-state index >= 15 is 0 Å². The molecule has 0 saturated carbocycles. The molecule has 0 saturated heterocycles. The van der Waals surface area contributed by atoms with Crippen LogP contribution < -0.4 is 0 Å². The Hall–Kier alpha value is -2.28. The first-order valence-electron chi connectivity index (χ1n) is 7.65. The van der Waals surface area contributed by atoms with Crippen LogP contribution in [0.3, 0.4) is 0 Å². The van der Waals surface area contributed by atoms with E-state index in [9.17, 15) is 19.2 Å². The van der Waals surface area contributed by atoms with Gasteiger partial charge in [0.15, 0.2) is 6.29 Å². The minimum atomic E-state index is -1.16. The number of carboxylic acid groups (broad SMARTS) is 4. The third-order valence-corrected chi connectivity index (χ3v) is 2.96. The molecule has 0 heterocycles. The third kappa shape index (κ3) is 14.1. The maximum atomic E-state index is 10.7. The molecule has 0 aliphatic carbocycles. The molecule has 26 heavy (non-hydrogen) atoms. The van der Waals surface area contributed by atoms with E-state index < -0.39 is 56.3 Å². The van der Waals surface area contributed by atoms with Gasteiger partial charge in [0.25, 0.3) is 0 Å². The zero-order chi connectivity index (χ0) is 20.1. The molecule has 0 spiro atoms. The Morgan fingerprint density at radius 1 is 0.692 bits per heavy atom. The summed E-state index contributed by atoms with van der Waals surface area (Å²) < 4.78 is 10.6. The number of hydrogen-bond donors (Lipinski definition) is 4. The van der Waals surface area contributed by atoms with Crippen LogP contribution in [0, 0.1) is 0 Å². The fourth-order valence-corrected chi connectivity index (χ4v) is 1.94. The predicted molar refractivity (Wildman–Crippen MR) is 84.8 cm³/mol. The molecule has 12 heteroatoms. The van der Waals surface area contributed by atoms with Crippen molar-refractivity contribution in [3.05, 3.63) is 0 Å². The molecule has 150 valence electrons. The van der Waals surface area contributed by atoms with E-state index in [0.717, 1.165) is 0 Å². The standard InChI is InChI=1S/C14H24N2O10/c1-10(25-4-2-15(6-11(17)18)7-12(19)20)26-5-3-16(8-13(21)22)9-14(23)24/h10H,2-9H2,1H3,(H,17,18)(H,19,20)(H,21,22)(H,23,24). The van der Waals surface area contributed by atoms with Gasteiger partial charge in [-0.05, 0) is 6.92 Å². The Kier molecular flexibility index (Phi) is 11.9. The van der Waals surface area contributed by atoms with Gasteiger partial charge < -0.3 is 29.9 Å². The van der Waals surface area contributed by atoms with Crippen molar-refractivity contribution in [2.45, 2.75) is 13.2 Å². The van der Waals surface area contributed by atoms with Crippen LogP contribution >= 0.6 is 0 Å². The number of rotatable bonds is 16. The average molecular weight is 380 g/mol. The van der Waals surface area contributed by atoms with Gasteiger partial charge in [-0.1, -0.05) is 0 Å². The molecule has 0 aromatic heterocycles. The highest BCUT2D eigenvalue weighted by Crippen LogP contribution is 1.97. The predicted octanol–water partition coefficient (Wildman–Crippen LogP) is -1.69. The van der Waals surface area contributed by atoms with Crippen molar-refractivity contribution in [2.75, 3.05) is 52.5 Å². The molecule has 0 amide bonds. The molecule has 0 rings (SSSR count). The lowest BCUT2D eigenvalue weighted by atomic mass is 10.4. The van der Waals surface area contributed by atoms with Crippen LogP contribution in [0.4, 0.5) is 0 Å². The summed E-state index contributed by atoms with van der Waals surface area (Å²) in [6, 6.07) is 0. The second-order valence-corrected chi connectivity index (χ2v) is 5.31. The van der Waals surface area contributed by atoms with Gasteiger partial charge in [0, 0.05) is 13.1 Å². The quantitative estimate of drug-likeness (QED) is 0.224. The first-order valence-corrected chi connectivity index (χ1v) is 7.65. The number of carboxylic acids is 4. The molecule has 12 nitrogen and oxygen atoms in total. The van der Waals surface area contributed by atoms with Gasteiger partial charge in [-0.3, -0.25) is 29.0 Å². The maximum Gasteiger partial charge on any atom is 0.317 e. The molecule has 0 aromatic rings. The normalized spacial score (nSPS) is 11.2. The van der Waals surface area contributed by atoms with Crippen LogP contribution in [0.15, 0.2) is 0 Å². The number of carbonyl (C=O) groups is 4. The minimum absolute atomic E-state index is 0.0235. The SMILES string of the molecule is CC(OCCN(CC(=O)O)CC(=O)O)OCCN(CC(=O)O)CC(=O)O. The van der Waals surface area contributed by atoms with Gasteiger partial charge >= 0.3 is 23.9 Å². The third-order valence-electron chi connectivity index (χ3n) is 2.96. The zero-order valence-electron chi connectivity index (χ0n) is 14.4. The van der Waals surface area contributed by atoms with E-state index in [1.54, 1.807) is 6.92 Å². The van der Waals surface area contributed by atoms with Gasteiger partial charge in [0.2, 0.25) is 0 Å². The molecule has 0 fully saturated rings. The Labute approximate surface area is 149 Å². The van der Waals surface area contributed by atoms with Crippen LogP contribution in [0.2, 0.25) is 0 Å². The Balaban J connectivity index is 4.13. The summed E-state index contributed by atoms with van der Waals surface area (Å²) in [5.41, 5.74) is 0. The average Bonchev–Trinajstić information content (AvgIpc) is 2.44. The van der Waals surface area contributed by atoms with E-state index in [1.807, 2.05) is 0 Å². The second-order valence-electron chi connectivity index (χ2n) is 5.31. The molecule has 0 aromatic carbocycles. The van der Waals surface area contributed by atoms with Crippen molar-refractivity contribution in [1.82, 2.24) is 9.80 Å². The largest absolute Gasteiger partial charge is 0.480 e. The van der Waals surface area contributed by atoms with E-state index in [4.69, 9.17) is 29.9 Å².